The Balaban J connectivity index is 2.46. The molecular weight excluding hydrogens is 204 g/mol. The molecule has 86 valence electrons. The maximum Gasteiger partial charge on any atom is 0.243 e. The summed E-state index contributed by atoms with van der Waals surface area (Å²) < 4.78 is 0. The number of para-hydroxylation sites is 1. The van der Waals surface area contributed by atoms with Crippen LogP contribution in [0.1, 0.15) is 18.9 Å². The van der Waals surface area contributed by atoms with Crippen LogP contribution in [0.5, 0.6) is 0 Å². The lowest BCUT2D eigenvalue weighted by Crippen LogP contribution is -2.32. The van der Waals surface area contributed by atoms with Crippen LogP contribution < -0.4 is 10.6 Å². The van der Waals surface area contributed by atoms with Crippen LogP contribution in [0.2, 0.25) is 0 Å². The van der Waals surface area contributed by atoms with Crippen LogP contribution in [-0.4, -0.2) is 18.4 Å². The van der Waals surface area contributed by atoms with Crippen molar-refractivity contribution < 1.29 is 9.59 Å². The van der Waals surface area contributed by atoms with Crippen molar-refractivity contribution in [1.29, 1.82) is 0 Å². The third kappa shape index (κ3) is 3.73. The van der Waals surface area contributed by atoms with E-state index in [9.17, 15) is 9.59 Å². The SMILES string of the molecule is CCC(=O)NCC(=O)Nc1ccccc1C. The van der Waals surface area contributed by atoms with Crippen molar-refractivity contribution in [3.05, 3.63) is 29.8 Å². The standard InChI is InChI=1S/C12H16N2O2/c1-3-11(15)13-8-12(16)14-10-7-5-4-6-9(10)2/h4-7H,3,8H2,1-2H3,(H,13,15)(H,14,16). The maximum absolute atomic E-state index is 11.5. The summed E-state index contributed by atoms with van der Waals surface area (Å²) in [5.74, 6) is -0.337. The highest BCUT2D eigenvalue weighted by molar-refractivity contribution is 5.94. The van der Waals surface area contributed by atoms with Gasteiger partial charge in [0.25, 0.3) is 0 Å². The van der Waals surface area contributed by atoms with Crippen LogP contribution in [-0.2, 0) is 9.59 Å². The summed E-state index contributed by atoms with van der Waals surface area (Å²) in [5, 5.41) is 5.26. The van der Waals surface area contributed by atoms with Crippen LogP contribution in [0.15, 0.2) is 24.3 Å². The fourth-order valence-corrected chi connectivity index (χ4v) is 1.21. The minimum atomic E-state index is -0.212. The second-order valence-electron chi connectivity index (χ2n) is 3.49. The van der Waals surface area contributed by atoms with Crippen molar-refractivity contribution >= 4 is 17.5 Å². The Morgan fingerprint density at radius 3 is 2.50 bits per heavy atom. The van der Waals surface area contributed by atoms with E-state index in [0.717, 1.165) is 11.3 Å². The van der Waals surface area contributed by atoms with E-state index in [1.165, 1.54) is 0 Å². The maximum atomic E-state index is 11.5. The van der Waals surface area contributed by atoms with Gasteiger partial charge in [0.15, 0.2) is 0 Å². The van der Waals surface area contributed by atoms with Gasteiger partial charge in [0.05, 0.1) is 6.54 Å². The number of benzene rings is 1. The van der Waals surface area contributed by atoms with Gasteiger partial charge in [-0.1, -0.05) is 25.1 Å². The van der Waals surface area contributed by atoms with Crippen LogP contribution in [0.3, 0.4) is 0 Å². The summed E-state index contributed by atoms with van der Waals surface area (Å²) in [7, 11) is 0. The highest BCUT2D eigenvalue weighted by Gasteiger charge is 2.05. The fourth-order valence-electron chi connectivity index (χ4n) is 1.21. The zero-order valence-electron chi connectivity index (χ0n) is 9.54. The van der Waals surface area contributed by atoms with Gasteiger partial charge in [0, 0.05) is 12.1 Å². The van der Waals surface area contributed by atoms with Gasteiger partial charge in [0.2, 0.25) is 11.8 Å². The molecule has 2 amide bonds. The van der Waals surface area contributed by atoms with E-state index in [2.05, 4.69) is 10.6 Å². The first-order valence-corrected chi connectivity index (χ1v) is 5.25. The molecule has 1 rings (SSSR count). The Kier molecular flexibility index (Phi) is 4.51. The summed E-state index contributed by atoms with van der Waals surface area (Å²) in [5.41, 5.74) is 1.77. The molecule has 0 saturated heterocycles. The van der Waals surface area contributed by atoms with E-state index >= 15 is 0 Å². The first kappa shape index (κ1) is 12.2. The highest BCUT2D eigenvalue weighted by Crippen LogP contribution is 2.12. The van der Waals surface area contributed by atoms with E-state index in [-0.39, 0.29) is 18.4 Å². The Morgan fingerprint density at radius 2 is 1.88 bits per heavy atom. The molecule has 0 aliphatic carbocycles. The lowest BCUT2D eigenvalue weighted by Gasteiger charge is -2.08. The zero-order chi connectivity index (χ0) is 12.0. The van der Waals surface area contributed by atoms with E-state index < -0.39 is 0 Å². The average Bonchev–Trinajstić information content (AvgIpc) is 2.29. The zero-order valence-corrected chi connectivity index (χ0v) is 9.54. The normalized spacial score (nSPS) is 9.62. The summed E-state index contributed by atoms with van der Waals surface area (Å²) in [4.78, 5) is 22.4. The van der Waals surface area contributed by atoms with Crippen LogP contribution in [0, 0.1) is 6.92 Å². The fraction of sp³-hybridized carbons (Fsp3) is 0.333. The second-order valence-corrected chi connectivity index (χ2v) is 3.49. The number of hydrogen-bond donors (Lipinski definition) is 2. The van der Waals surface area contributed by atoms with Gasteiger partial charge in [-0.05, 0) is 18.6 Å². The number of hydrogen-bond acceptors (Lipinski definition) is 2. The molecule has 0 aliphatic rings. The van der Waals surface area contributed by atoms with Crippen molar-refractivity contribution in [2.45, 2.75) is 20.3 Å². The molecule has 0 atom stereocenters. The molecule has 2 N–H and O–H groups in total. The third-order valence-electron chi connectivity index (χ3n) is 2.19. The largest absolute Gasteiger partial charge is 0.347 e. The summed E-state index contributed by atoms with van der Waals surface area (Å²) >= 11 is 0. The van der Waals surface area contributed by atoms with Gasteiger partial charge in [-0.15, -0.1) is 0 Å². The summed E-state index contributed by atoms with van der Waals surface area (Å²) in [6.07, 6.45) is 0.387. The first-order valence-electron chi connectivity index (χ1n) is 5.25. The second kappa shape index (κ2) is 5.90. The molecule has 1 aromatic carbocycles. The number of carbonyl (C=O) groups excluding carboxylic acids is 2. The van der Waals surface area contributed by atoms with Crippen LogP contribution in [0.4, 0.5) is 5.69 Å². The van der Waals surface area contributed by atoms with Gasteiger partial charge < -0.3 is 10.6 Å². The molecule has 0 radical (unpaired) electrons. The number of carbonyl (C=O) groups is 2. The summed E-state index contributed by atoms with van der Waals surface area (Å²) in [6.45, 7) is 3.68. The molecule has 0 heterocycles. The highest BCUT2D eigenvalue weighted by atomic mass is 16.2. The predicted octanol–water partition coefficient (Wildman–Crippen LogP) is 1.46. The van der Waals surface area contributed by atoms with Crippen molar-refractivity contribution in [1.82, 2.24) is 5.32 Å². The topological polar surface area (TPSA) is 58.2 Å². The van der Waals surface area contributed by atoms with Crippen LogP contribution in [0.25, 0.3) is 0 Å². The predicted molar refractivity (Wildman–Crippen MR) is 63.1 cm³/mol. The van der Waals surface area contributed by atoms with Gasteiger partial charge in [-0.3, -0.25) is 9.59 Å². The summed E-state index contributed by atoms with van der Waals surface area (Å²) in [6, 6.07) is 7.51. The van der Waals surface area contributed by atoms with Crippen molar-refractivity contribution in [3.8, 4) is 0 Å². The minimum Gasteiger partial charge on any atom is -0.347 e. The Hall–Kier alpha value is -1.84. The molecule has 4 heteroatoms. The average molecular weight is 220 g/mol. The number of rotatable bonds is 4. The number of aryl methyl sites for hydroxylation is 1. The molecule has 0 spiro atoms. The molecule has 0 aliphatic heterocycles. The number of nitrogens with one attached hydrogen (secondary N) is 2. The molecule has 4 nitrogen and oxygen atoms in total. The van der Waals surface area contributed by atoms with Crippen molar-refractivity contribution in [2.75, 3.05) is 11.9 Å². The number of anilines is 1. The minimum absolute atomic E-state index is 0.0149. The quantitative estimate of drug-likeness (QED) is 0.807. The van der Waals surface area contributed by atoms with Gasteiger partial charge in [0.1, 0.15) is 0 Å². The lowest BCUT2D eigenvalue weighted by atomic mass is 10.2. The molecule has 16 heavy (non-hydrogen) atoms. The van der Waals surface area contributed by atoms with Gasteiger partial charge in [-0.25, -0.2) is 0 Å². The van der Waals surface area contributed by atoms with E-state index in [1.54, 1.807) is 6.92 Å². The van der Waals surface area contributed by atoms with E-state index in [0.29, 0.717) is 6.42 Å². The molecule has 0 bridgehead atoms. The van der Waals surface area contributed by atoms with Crippen LogP contribution >= 0.6 is 0 Å². The molecule has 0 fully saturated rings. The molecule has 0 aromatic heterocycles. The monoisotopic (exact) mass is 220 g/mol. The molecule has 1 aromatic rings. The molecule has 0 unspecified atom stereocenters. The molecular formula is C12H16N2O2. The Labute approximate surface area is 95.0 Å². The molecule has 0 saturated carbocycles. The van der Waals surface area contributed by atoms with E-state index in [4.69, 9.17) is 0 Å². The lowest BCUT2D eigenvalue weighted by molar-refractivity contribution is -0.123. The number of amides is 2. The Bertz CT molecular complexity index is 388. The van der Waals surface area contributed by atoms with Gasteiger partial charge >= 0.3 is 0 Å². The Morgan fingerprint density at radius 1 is 1.19 bits per heavy atom. The van der Waals surface area contributed by atoms with E-state index in [1.807, 2.05) is 31.2 Å². The van der Waals surface area contributed by atoms with Crippen molar-refractivity contribution in [3.63, 3.8) is 0 Å². The van der Waals surface area contributed by atoms with Gasteiger partial charge in [-0.2, -0.15) is 0 Å². The smallest absolute Gasteiger partial charge is 0.243 e. The first-order chi connectivity index (χ1) is 7.63. The van der Waals surface area contributed by atoms with Crippen molar-refractivity contribution in [2.24, 2.45) is 0 Å². The third-order valence-corrected chi connectivity index (χ3v) is 2.19.